The van der Waals surface area contributed by atoms with E-state index >= 15 is 0 Å². The van der Waals surface area contributed by atoms with E-state index in [2.05, 4.69) is 16.4 Å². The number of hydrogen-bond acceptors (Lipinski definition) is 6. The van der Waals surface area contributed by atoms with Gasteiger partial charge in [-0.2, -0.15) is 5.26 Å². The number of hydrogen-bond donors (Lipinski definition) is 0. The first kappa shape index (κ1) is 17.6. The highest BCUT2D eigenvalue weighted by atomic mass is 16.5. The SMILES string of the molecule is COCCOc1cccc2ccc(-c3cn(-c4ccc(C#N)cc4)nn3)nc12. The predicted octanol–water partition coefficient (Wildman–Crippen LogP) is 3.38. The van der Waals surface area contributed by atoms with E-state index in [1.54, 1.807) is 23.9 Å². The van der Waals surface area contributed by atoms with Crippen molar-refractivity contribution < 1.29 is 9.47 Å². The van der Waals surface area contributed by atoms with E-state index < -0.39 is 0 Å². The van der Waals surface area contributed by atoms with Crippen molar-refractivity contribution in [2.75, 3.05) is 20.3 Å². The summed E-state index contributed by atoms with van der Waals surface area (Å²) in [4.78, 5) is 4.73. The summed E-state index contributed by atoms with van der Waals surface area (Å²) in [5, 5.41) is 18.3. The fraction of sp³-hybridized carbons (Fsp3) is 0.143. The third-order valence-corrected chi connectivity index (χ3v) is 4.25. The molecule has 7 heteroatoms. The highest BCUT2D eigenvalue weighted by Crippen LogP contribution is 2.27. The second-order valence-electron chi connectivity index (χ2n) is 6.07. The van der Waals surface area contributed by atoms with Gasteiger partial charge in [-0.05, 0) is 36.4 Å². The van der Waals surface area contributed by atoms with E-state index in [0.29, 0.717) is 35.9 Å². The number of fused-ring (bicyclic) bond motifs is 1. The Labute approximate surface area is 161 Å². The molecular weight excluding hydrogens is 354 g/mol. The smallest absolute Gasteiger partial charge is 0.145 e. The lowest BCUT2D eigenvalue weighted by atomic mass is 10.1. The van der Waals surface area contributed by atoms with Gasteiger partial charge in [0.25, 0.3) is 0 Å². The summed E-state index contributed by atoms with van der Waals surface area (Å²) in [6.45, 7) is 0.964. The van der Waals surface area contributed by atoms with Gasteiger partial charge in [-0.25, -0.2) is 9.67 Å². The summed E-state index contributed by atoms with van der Waals surface area (Å²) in [5.41, 5.74) is 3.54. The first-order valence-electron chi connectivity index (χ1n) is 8.73. The van der Waals surface area contributed by atoms with Crippen molar-refractivity contribution in [2.45, 2.75) is 0 Å². The summed E-state index contributed by atoms with van der Waals surface area (Å²) in [7, 11) is 1.64. The Morgan fingerprint density at radius 2 is 1.86 bits per heavy atom. The highest BCUT2D eigenvalue weighted by molar-refractivity contribution is 5.86. The van der Waals surface area contributed by atoms with Crippen LogP contribution in [-0.2, 0) is 4.74 Å². The van der Waals surface area contributed by atoms with Gasteiger partial charge in [0.05, 0.1) is 35.8 Å². The van der Waals surface area contributed by atoms with Gasteiger partial charge in [0, 0.05) is 12.5 Å². The quantitative estimate of drug-likeness (QED) is 0.483. The second kappa shape index (κ2) is 7.86. The van der Waals surface area contributed by atoms with Crippen LogP contribution in [0, 0.1) is 11.3 Å². The minimum Gasteiger partial charge on any atom is -0.489 e. The zero-order valence-corrected chi connectivity index (χ0v) is 15.2. The van der Waals surface area contributed by atoms with Crippen LogP contribution in [0.3, 0.4) is 0 Å². The van der Waals surface area contributed by atoms with Gasteiger partial charge in [-0.1, -0.05) is 23.4 Å². The molecule has 0 aliphatic rings. The molecule has 138 valence electrons. The van der Waals surface area contributed by atoms with Crippen molar-refractivity contribution in [3.8, 4) is 28.9 Å². The summed E-state index contributed by atoms with van der Waals surface area (Å²) in [6.07, 6.45) is 1.81. The van der Waals surface area contributed by atoms with Gasteiger partial charge in [-0.15, -0.1) is 5.10 Å². The van der Waals surface area contributed by atoms with Gasteiger partial charge in [-0.3, -0.25) is 0 Å². The number of nitriles is 1. The molecule has 0 atom stereocenters. The van der Waals surface area contributed by atoms with Gasteiger partial charge >= 0.3 is 0 Å². The zero-order valence-electron chi connectivity index (χ0n) is 15.2. The molecule has 0 aliphatic heterocycles. The van der Waals surface area contributed by atoms with Crippen molar-refractivity contribution in [1.82, 2.24) is 20.0 Å². The van der Waals surface area contributed by atoms with Crippen molar-refractivity contribution >= 4 is 10.9 Å². The third kappa shape index (κ3) is 3.54. The fourth-order valence-electron chi connectivity index (χ4n) is 2.81. The Kier molecular flexibility index (Phi) is 4.95. The van der Waals surface area contributed by atoms with E-state index in [9.17, 15) is 0 Å². The predicted molar refractivity (Wildman–Crippen MR) is 104 cm³/mol. The van der Waals surface area contributed by atoms with Crippen molar-refractivity contribution in [3.63, 3.8) is 0 Å². The number of para-hydroxylation sites is 1. The summed E-state index contributed by atoms with van der Waals surface area (Å²) in [5.74, 6) is 0.705. The molecule has 0 fully saturated rings. The van der Waals surface area contributed by atoms with E-state index in [-0.39, 0.29) is 0 Å². The monoisotopic (exact) mass is 371 g/mol. The maximum absolute atomic E-state index is 8.92. The Balaban J connectivity index is 1.66. The van der Waals surface area contributed by atoms with Gasteiger partial charge in [0.15, 0.2) is 0 Å². The molecule has 0 aliphatic carbocycles. The Morgan fingerprint density at radius 3 is 2.64 bits per heavy atom. The number of nitrogens with zero attached hydrogens (tertiary/aromatic N) is 5. The first-order chi connectivity index (χ1) is 13.8. The van der Waals surface area contributed by atoms with E-state index in [0.717, 1.165) is 16.6 Å². The van der Waals surface area contributed by atoms with Crippen molar-refractivity contribution in [1.29, 1.82) is 5.26 Å². The van der Waals surface area contributed by atoms with Crippen LogP contribution in [0.4, 0.5) is 0 Å². The van der Waals surface area contributed by atoms with Crippen LogP contribution in [0.5, 0.6) is 5.75 Å². The molecule has 4 aromatic rings. The summed E-state index contributed by atoms with van der Waals surface area (Å²) < 4.78 is 12.5. The van der Waals surface area contributed by atoms with Gasteiger partial charge in [0.1, 0.15) is 23.6 Å². The lowest BCUT2D eigenvalue weighted by molar-refractivity contribution is 0.147. The average molecular weight is 371 g/mol. The van der Waals surface area contributed by atoms with Crippen LogP contribution >= 0.6 is 0 Å². The Morgan fingerprint density at radius 1 is 1.00 bits per heavy atom. The molecule has 0 amide bonds. The molecule has 2 aromatic heterocycles. The Hall–Kier alpha value is -3.76. The maximum atomic E-state index is 8.92. The van der Waals surface area contributed by atoms with Gasteiger partial charge < -0.3 is 9.47 Å². The summed E-state index contributed by atoms with van der Waals surface area (Å²) in [6, 6.07) is 19.0. The number of benzene rings is 2. The number of rotatable bonds is 6. The lowest BCUT2D eigenvalue weighted by Gasteiger charge is -2.09. The van der Waals surface area contributed by atoms with Crippen LogP contribution in [0.25, 0.3) is 28.0 Å². The number of ether oxygens (including phenoxy) is 2. The number of aromatic nitrogens is 4. The molecule has 0 bridgehead atoms. The summed E-state index contributed by atoms with van der Waals surface area (Å²) >= 11 is 0. The normalized spacial score (nSPS) is 10.7. The fourth-order valence-corrected chi connectivity index (χ4v) is 2.81. The van der Waals surface area contributed by atoms with Crippen LogP contribution in [0.2, 0.25) is 0 Å². The molecule has 7 nitrogen and oxygen atoms in total. The number of pyridine rings is 1. The maximum Gasteiger partial charge on any atom is 0.145 e. The van der Waals surface area contributed by atoms with Crippen molar-refractivity contribution in [2.24, 2.45) is 0 Å². The van der Waals surface area contributed by atoms with Crippen LogP contribution < -0.4 is 4.74 Å². The number of methoxy groups -OCH3 is 1. The third-order valence-electron chi connectivity index (χ3n) is 4.25. The topological polar surface area (TPSA) is 85.9 Å². The molecule has 0 unspecified atom stereocenters. The molecule has 4 rings (SSSR count). The van der Waals surface area contributed by atoms with E-state index in [4.69, 9.17) is 19.7 Å². The lowest BCUT2D eigenvalue weighted by Crippen LogP contribution is -2.04. The van der Waals surface area contributed by atoms with E-state index in [1.807, 2.05) is 48.7 Å². The molecule has 0 spiro atoms. The van der Waals surface area contributed by atoms with Crippen LogP contribution in [-0.4, -0.2) is 40.3 Å². The van der Waals surface area contributed by atoms with E-state index in [1.165, 1.54) is 0 Å². The van der Waals surface area contributed by atoms with Crippen LogP contribution in [0.1, 0.15) is 5.56 Å². The molecule has 2 aromatic carbocycles. The molecular formula is C21H17N5O2. The molecule has 0 radical (unpaired) electrons. The largest absolute Gasteiger partial charge is 0.489 e. The molecule has 2 heterocycles. The van der Waals surface area contributed by atoms with Crippen molar-refractivity contribution in [3.05, 3.63) is 66.4 Å². The molecule has 0 saturated heterocycles. The minimum atomic E-state index is 0.455. The standard InChI is InChI=1S/C21H17N5O2/c1-27-11-12-28-20-4-2-3-16-7-10-18(23-21(16)20)19-14-26(25-24-19)17-8-5-15(13-22)6-9-17/h2-10,14H,11-12H2,1H3. The zero-order chi connectivity index (χ0) is 19.3. The first-order valence-corrected chi connectivity index (χ1v) is 8.73. The van der Waals surface area contributed by atoms with Gasteiger partial charge in [0.2, 0.25) is 0 Å². The molecule has 28 heavy (non-hydrogen) atoms. The second-order valence-corrected chi connectivity index (χ2v) is 6.07. The average Bonchev–Trinajstić information content (AvgIpc) is 3.24. The molecule has 0 saturated carbocycles. The highest BCUT2D eigenvalue weighted by Gasteiger charge is 2.10. The molecule has 0 N–H and O–H groups in total. The minimum absolute atomic E-state index is 0.455. The Bertz CT molecular complexity index is 1150. The van der Waals surface area contributed by atoms with Crippen LogP contribution in [0.15, 0.2) is 60.8 Å².